The van der Waals surface area contributed by atoms with Crippen molar-refractivity contribution in [1.82, 2.24) is 14.9 Å². The number of nitrogens with zero attached hydrogens (tertiary/aromatic N) is 2. The van der Waals surface area contributed by atoms with Gasteiger partial charge in [0.15, 0.2) is 6.29 Å². The zero-order chi connectivity index (χ0) is 17.2. The molecule has 3 rings (SSSR count). The number of hydrogen-bond acceptors (Lipinski definition) is 3. The lowest BCUT2D eigenvalue weighted by molar-refractivity contribution is 0.111. The van der Waals surface area contributed by atoms with Gasteiger partial charge in [-0.3, -0.25) is 4.79 Å². The van der Waals surface area contributed by atoms with E-state index >= 15 is 0 Å². The molecule has 0 aliphatic carbocycles. The van der Waals surface area contributed by atoms with Crippen molar-refractivity contribution in [3.8, 4) is 0 Å². The molecule has 1 atom stereocenters. The summed E-state index contributed by atoms with van der Waals surface area (Å²) < 4.78 is 1.97. The molecular formula is C18H26ClN3O. The molecule has 2 aromatic rings. The van der Waals surface area contributed by atoms with Crippen LogP contribution in [0.4, 0.5) is 0 Å². The van der Waals surface area contributed by atoms with E-state index in [0.717, 1.165) is 36.6 Å². The Morgan fingerprint density at radius 3 is 2.65 bits per heavy atom. The standard InChI is InChI=1S/C8H9Cl.C8H11N3O.C2H6/c1-2-7-5-3-4-6-8(7)9;1-6-8-10-4-7(5-12)11(8)3-2-9-6;1-2/h3-6H,2H2,1H3;4-6,9H,2-3H2,1H3;1-2H3. The largest absolute Gasteiger partial charge is 0.323 e. The highest BCUT2D eigenvalue weighted by Crippen LogP contribution is 2.16. The highest BCUT2D eigenvalue weighted by atomic mass is 35.5. The first kappa shape index (κ1) is 19.4. The summed E-state index contributed by atoms with van der Waals surface area (Å²) in [7, 11) is 0. The molecule has 1 N–H and O–H groups in total. The Bertz CT molecular complexity index is 610. The molecule has 1 aliphatic heterocycles. The second kappa shape index (κ2) is 10.2. The molecule has 2 heterocycles. The third kappa shape index (κ3) is 5.19. The number of aldehydes is 1. The molecule has 126 valence electrons. The summed E-state index contributed by atoms with van der Waals surface area (Å²) in [5.41, 5.74) is 1.90. The van der Waals surface area contributed by atoms with Gasteiger partial charge < -0.3 is 9.88 Å². The highest BCUT2D eigenvalue weighted by molar-refractivity contribution is 6.31. The van der Waals surface area contributed by atoms with E-state index in [2.05, 4.69) is 17.2 Å². The van der Waals surface area contributed by atoms with Crippen LogP contribution in [0.2, 0.25) is 5.02 Å². The molecule has 4 nitrogen and oxygen atoms in total. The molecule has 0 bridgehead atoms. The average molecular weight is 336 g/mol. The fourth-order valence-electron chi connectivity index (χ4n) is 2.36. The van der Waals surface area contributed by atoms with Gasteiger partial charge in [0.1, 0.15) is 11.5 Å². The predicted octanol–water partition coefficient (Wildman–Crippen LogP) is 4.29. The van der Waals surface area contributed by atoms with Gasteiger partial charge >= 0.3 is 0 Å². The summed E-state index contributed by atoms with van der Waals surface area (Å²) in [4.78, 5) is 14.7. The molecule has 1 aliphatic rings. The van der Waals surface area contributed by atoms with Crippen LogP contribution in [-0.4, -0.2) is 22.4 Å². The van der Waals surface area contributed by atoms with Gasteiger partial charge in [-0.15, -0.1) is 0 Å². The smallest absolute Gasteiger partial charge is 0.168 e. The van der Waals surface area contributed by atoms with Crippen molar-refractivity contribution in [1.29, 1.82) is 0 Å². The quantitative estimate of drug-likeness (QED) is 0.833. The Kier molecular flexibility index (Phi) is 8.59. The van der Waals surface area contributed by atoms with Crippen LogP contribution < -0.4 is 5.32 Å². The summed E-state index contributed by atoms with van der Waals surface area (Å²) in [6.07, 6.45) is 3.50. The minimum atomic E-state index is 0.257. The zero-order valence-electron chi connectivity index (χ0n) is 14.3. The first-order valence-electron chi connectivity index (χ1n) is 8.14. The van der Waals surface area contributed by atoms with Crippen molar-refractivity contribution in [2.24, 2.45) is 0 Å². The van der Waals surface area contributed by atoms with Crippen LogP contribution in [0.25, 0.3) is 0 Å². The van der Waals surface area contributed by atoms with Crippen LogP contribution in [0, 0.1) is 0 Å². The van der Waals surface area contributed by atoms with Crippen LogP contribution in [0.3, 0.4) is 0 Å². The van der Waals surface area contributed by atoms with E-state index in [1.54, 1.807) is 6.20 Å². The maximum absolute atomic E-state index is 10.6. The van der Waals surface area contributed by atoms with E-state index in [9.17, 15) is 4.79 Å². The normalized spacial score (nSPS) is 15.4. The zero-order valence-corrected chi connectivity index (χ0v) is 15.1. The molecule has 1 aromatic carbocycles. The van der Waals surface area contributed by atoms with Gasteiger partial charge in [0.25, 0.3) is 0 Å². The maximum atomic E-state index is 10.6. The summed E-state index contributed by atoms with van der Waals surface area (Å²) in [6.45, 7) is 9.90. The average Bonchev–Trinajstić information content (AvgIpc) is 3.02. The number of rotatable bonds is 2. The van der Waals surface area contributed by atoms with E-state index in [0.29, 0.717) is 5.69 Å². The number of benzene rings is 1. The van der Waals surface area contributed by atoms with Crippen molar-refractivity contribution >= 4 is 17.9 Å². The number of fused-ring (bicyclic) bond motifs is 1. The Balaban J connectivity index is 0.000000215. The van der Waals surface area contributed by atoms with Crippen LogP contribution in [0.15, 0.2) is 30.5 Å². The third-order valence-electron chi connectivity index (χ3n) is 3.55. The molecular weight excluding hydrogens is 310 g/mol. The second-order valence-electron chi connectivity index (χ2n) is 4.93. The number of halogens is 1. The number of nitrogens with one attached hydrogen (secondary N) is 1. The lowest BCUT2D eigenvalue weighted by Gasteiger charge is -2.22. The van der Waals surface area contributed by atoms with Crippen molar-refractivity contribution in [2.45, 2.75) is 46.7 Å². The first-order chi connectivity index (χ1) is 11.2. The summed E-state index contributed by atoms with van der Waals surface area (Å²) in [6, 6.07) is 8.17. The van der Waals surface area contributed by atoms with Gasteiger partial charge in [-0.05, 0) is 25.0 Å². The lowest BCUT2D eigenvalue weighted by atomic mass is 10.2. The molecule has 5 heteroatoms. The first-order valence-corrected chi connectivity index (χ1v) is 8.52. The van der Waals surface area contributed by atoms with Gasteiger partial charge in [-0.25, -0.2) is 4.98 Å². The maximum Gasteiger partial charge on any atom is 0.168 e. The molecule has 23 heavy (non-hydrogen) atoms. The van der Waals surface area contributed by atoms with E-state index < -0.39 is 0 Å². The lowest BCUT2D eigenvalue weighted by Crippen LogP contribution is -2.32. The van der Waals surface area contributed by atoms with Crippen molar-refractivity contribution in [3.63, 3.8) is 0 Å². The van der Waals surface area contributed by atoms with E-state index in [4.69, 9.17) is 11.6 Å². The van der Waals surface area contributed by atoms with Gasteiger partial charge in [0.2, 0.25) is 0 Å². The summed E-state index contributed by atoms with van der Waals surface area (Å²) in [5, 5.41) is 4.15. The van der Waals surface area contributed by atoms with E-state index in [1.165, 1.54) is 5.56 Å². The number of aromatic nitrogens is 2. The SMILES string of the molecule is CC.CC1NCCn2c(C=O)cnc21.CCc1ccccc1Cl. The van der Waals surface area contributed by atoms with E-state index in [-0.39, 0.29) is 6.04 Å². The minimum Gasteiger partial charge on any atom is -0.323 e. The number of imidazole rings is 1. The van der Waals surface area contributed by atoms with Crippen LogP contribution in [0.1, 0.15) is 55.6 Å². The Morgan fingerprint density at radius 1 is 1.39 bits per heavy atom. The number of aryl methyl sites for hydroxylation is 1. The van der Waals surface area contributed by atoms with Crippen LogP contribution in [0.5, 0.6) is 0 Å². The molecule has 0 radical (unpaired) electrons. The fourth-order valence-corrected chi connectivity index (χ4v) is 2.63. The predicted molar refractivity (Wildman–Crippen MR) is 96.2 cm³/mol. The molecule has 0 saturated heterocycles. The van der Waals surface area contributed by atoms with Crippen molar-refractivity contribution in [2.75, 3.05) is 6.54 Å². The summed E-state index contributed by atoms with van der Waals surface area (Å²) in [5.74, 6) is 0.961. The molecule has 0 amide bonds. The number of hydrogen-bond donors (Lipinski definition) is 1. The molecule has 1 unspecified atom stereocenters. The molecule has 1 aromatic heterocycles. The van der Waals surface area contributed by atoms with Crippen LogP contribution in [-0.2, 0) is 13.0 Å². The fraction of sp³-hybridized carbons (Fsp3) is 0.444. The van der Waals surface area contributed by atoms with Crippen molar-refractivity contribution < 1.29 is 4.79 Å². The minimum absolute atomic E-state index is 0.257. The topological polar surface area (TPSA) is 46.9 Å². The number of carbonyl (C=O) groups excluding carboxylic acids is 1. The number of carbonyl (C=O) groups is 1. The van der Waals surface area contributed by atoms with Gasteiger partial charge in [-0.2, -0.15) is 0 Å². The Labute approximate surface area is 143 Å². The van der Waals surface area contributed by atoms with Gasteiger partial charge in [0, 0.05) is 18.1 Å². The van der Waals surface area contributed by atoms with Crippen LogP contribution >= 0.6 is 11.6 Å². The van der Waals surface area contributed by atoms with E-state index in [1.807, 2.05) is 49.6 Å². The Hall–Kier alpha value is -1.65. The van der Waals surface area contributed by atoms with Gasteiger partial charge in [0.05, 0.1) is 12.2 Å². The highest BCUT2D eigenvalue weighted by Gasteiger charge is 2.18. The molecule has 0 saturated carbocycles. The summed E-state index contributed by atoms with van der Waals surface area (Å²) >= 11 is 5.82. The molecule has 0 fully saturated rings. The molecule has 0 spiro atoms. The monoisotopic (exact) mass is 335 g/mol. The Morgan fingerprint density at radius 2 is 2.09 bits per heavy atom. The second-order valence-corrected chi connectivity index (χ2v) is 5.34. The third-order valence-corrected chi connectivity index (χ3v) is 3.92. The van der Waals surface area contributed by atoms with Crippen molar-refractivity contribution in [3.05, 3.63) is 52.6 Å². The van der Waals surface area contributed by atoms with Gasteiger partial charge in [-0.1, -0.05) is 50.6 Å².